The largest absolute Gasteiger partial charge is 0.422 e. The molecule has 0 bridgehead atoms. The summed E-state index contributed by atoms with van der Waals surface area (Å²) in [5, 5.41) is 7.13. The molecule has 0 saturated heterocycles. The quantitative estimate of drug-likeness (QED) is 0.175. The molecule has 0 fully saturated rings. The number of rotatable bonds is 5. The third kappa shape index (κ3) is 6.19. The van der Waals surface area contributed by atoms with Gasteiger partial charge in [-0.15, -0.1) is 0 Å². The molecule has 168 valence electrons. The van der Waals surface area contributed by atoms with E-state index < -0.39 is 17.8 Å². The third-order valence-corrected chi connectivity index (χ3v) is 5.27. The summed E-state index contributed by atoms with van der Waals surface area (Å²) < 4.78 is 5.48. The van der Waals surface area contributed by atoms with Crippen LogP contribution in [0.5, 0.6) is 5.75 Å². The van der Waals surface area contributed by atoms with E-state index in [0.717, 1.165) is 5.56 Å². The van der Waals surface area contributed by atoms with Crippen molar-refractivity contribution in [3.63, 3.8) is 0 Å². The standard InChI is InChI=1S/C24H19Cl2N3O4/c1-14-11-12-16(13-20(14)26)27-22(30)23(31)29-28-15(2)17-7-4-6-10-21(17)33-24(32)18-8-3-5-9-19(18)25/h3-13H,1-2H3,(H,27,30)(H,29,31)/b28-15+. The van der Waals surface area contributed by atoms with Crippen LogP contribution in [0.1, 0.15) is 28.4 Å². The first-order valence-corrected chi connectivity index (χ1v) is 10.5. The fourth-order valence-corrected chi connectivity index (χ4v) is 3.13. The zero-order valence-corrected chi connectivity index (χ0v) is 19.2. The number of carbonyl (C=O) groups is 3. The Kier molecular flexibility index (Phi) is 7.82. The van der Waals surface area contributed by atoms with Crippen LogP contribution in [0, 0.1) is 6.92 Å². The van der Waals surface area contributed by atoms with Gasteiger partial charge in [-0.3, -0.25) is 9.59 Å². The molecule has 0 aliphatic carbocycles. The molecule has 7 nitrogen and oxygen atoms in total. The summed E-state index contributed by atoms with van der Waals surface area (Å²) in [5.41, 5.74) is 4.39. The number of ether oxygens (including phenoxy) is 1. The van der Waals surface area contributed by atoms with Crippen molar-refractivity contribution in [3.05, 3.63) is 93.5 Å². The summed E-state index contributed by atoms with van der Waals surface area (Å²) in [6.45, 7) is 3.42. The maximum absolute atomic E-state index is 12.5. The minimum atomic E-state index is -0.975. The summed E-state index contributed by atoms with van der Waals surface area (Å²) >= 11 is 12.1. The number of halogens is 2. The Labute approximate surface area is 200 Å². The second-order valence-electron chi connectivity index (χ2n) is 6.92. The minimum absolute atomic E-state index is 0.213. The zero-order valence-electron chi connectivity index (χ0n) is 17.7. The predicted octanol–water partition coefficient (Wildman–Crippen LogP) is 5.00. The average molecular weight is 484 g/mol. The van der Waals surface area contributed by atoms with Crippen molar-refractivity contribution in [3.8, 4) is 5.75 Å². The Morgan fingerprint density at radius 2 is 1.52 bits per heavy atom. The van der Waals surface area contributed by atoms with Crippen LogP contribution in [0.4, 0.5) is 5.69 Å². The topological polar surface area (TPSA) is 96.9 Å². The SMILES string of the molecule is C/C(=N\NC(=O)C(=O)Nc1ccc(C)c(Cl)c1)c1ccccc1OC(=O)c1ccccc1Cl. The van der Waals surface area contributed by atoms with Crippen molar-refractivity contribution in [2.24, 2.45) is 5.10 Å². The average Bonchev–Trinajstić information content (AvgIpc) is 2.80. The number of aryl methyl sites for hydroxylation is 1. The van der Waals surface area contributed by atoms with Crippen LogP contribution >= 0.6 is 23.2 Å². The van der Waals surface area contributed by atoms with Gasteiger partial charge in [-0.2, -0.15) is 5.10 Å². The van der Waals surface area contributed by atoms with Gasteiger partial charge in [-0.1, -0.05) is 53.5 Å². The summed E-state index contributed by atoms with van der Waals surface area (Å²) in [4.78, 5) is 36.8. The molecule has 0 saturated carbocycles. The molecule has 33 heavy (non-hydrogen) atoms. The smallest absolute Gasteiger partial charge is 0.345 e. The number of esters is 1. The molecular weight excluding hydrogens is 465 g/mol. The number of benzene rings is 3. The van der Waals surface area contributed by atoms with Crippen molar-refractivity contribution < 1.29 is 19.1 Å². The van der Waals surface area contributed by atoms with Crippen LogP contribution in [-0.4, -0.2) is 23.5 Å². The lowest BCUT2D eigenvalue weighted by Gasteiger charge is -2.11. The lowest BCUT2D eigenvalue weighted by atomic mass is 10.1. The van der Waals surface area contributed by atoms with Crippen molar-refractivity contribution in [2.45, 2.75) is 13.8 Å². The number of hydrogen-bond acceptors (Lipinski definition) is 5. The van der Waals surface area contributed by atoms with Gasteiger partial charge in [0.05, 0.1) is 16.3 Å². The van der Waals surface area contributed by atoms with E-state index >= 15 is 0 Å². The Morgan fingerprint density at radius 3 is 2.21 bits per heavy atom. The van der Waals surface area contributed by atoms with Crippen LogP contribution in [0.25, 0.3) is 0 Å². The van der Waals surface area contributed by atoms with Gasteiger partial charge in [-0.25, -0.2) is 10.2 Å². The fourth-order valence-electron chi connectivity index (χ4n) is 2.74. The lowest BCUT2D eigenvalue weighted by Crippen LogP contribution is -2.33. The van der Waals surface area contributed by atoms with E-state index in [0.29, 0.717) is 22.0 Å². The number of carbonyl (C=O) groups excluding carboxylic acids is 3. The highest BCUT2D eigenvalue weighted by Crippen LogP contribution is 2.23. The fraction of sp³-hybridized carbons (Fsp3) is 0.0833. The predicted molar refractivity (Wildman–Crippen MR) is 128 cm³/mol. The molecule has 0 unspecified atom stereocenters. The Morgan fingerprint density at radius 1 is 0.848 bits per heavy atom. The molecule has 2 N–H and O–H groups in total. The van der Waals surface area contributed by atoms with Crippen molar-refractivity contribution in [1.82, 2.24) is 5.43 Å². The van der Waals surface area contributed by atoms with Gasteiger partial charge in [0.2, 0.25) is 0 Å². The molecule has 0 atom stereocenters. The van der Waals surface area contributed by atoms with Crippen molar-refractivity contribution >= 4 is 52.4 Å². The van der Waals surface area contributed by atoms with E-state index in [-0.39, 0.29) is 16.3 Å². The van der Waals surface area contributed by atoms with Gasteiger partial charge >= 0.3 is 17.8 Å². The molecule has 3 rings (SSSR count). The zero-order chi connectivity index (χ0) is 24.0. The maximum atomic E-state index is 12.5. The molecule has 9 heteroatoms. The van der Waals surface area contributed by atoms with Crippen LogP contribution in [0.2, 0.25) is 10.0 Å². The Bertz CT molecular complexity index is 1260. The number of hydrogen-bond donors (Lipinski definition) is 2. The Hall–Kier alpha value is -3.68. The lowest BCUT2D eigenvalue weighted by molar-refractivity contribution is -0.136. The Balaban J connectivity index is 1.69. The highest BCUT2D eigenvalue weighted by Gasteiger charge is 2.17. The first-order chi connectivity index (χ1) is 15.8. The normalized spacial score (nSPS) is 11.0. The third-order valence-electron chi connectivity index (χ3n) is 4.53. The van der Waals surface area contributed by atoms with E-state index in [9.17, 15) is 14.4 Å². The highest BCUT2D eigenvalue weighted by atomic mass is 35.5. The molecule has 0 aromatic heterocycles. The molecule has 0 aliphatic rings. The summed E-state index contributed by atoms with van der Waals surface area (Å²) in [6, 6.07) is 18.1. The monoisotopic (exact) mass is 483 g/mol. The van der Waals surface area contributed by atoms with Gasteiger partial charge in [-0.05, 0) is 55.8 Å². The van der Waals surface area contributed by atoms with Crippen LogP contribution in [0.3, 0.4) is 0 Å². The highest BCUT2D eigenvalue weighted by molar-refractivity contribution is 6.40. The van der Waals surface area contributed by atoms with Crippen molar-refractivity contribution in [2.75, 3.05) is 5.32 Å². The van der Waals surface area contributed by atoms with Crippen molar-refractivity contribution in [1.29, 1.82) is 0 Å². The van der Waals surface area contributed by atoms with E-state index in [4.69, 9.17) is 27.9 Å². The van der Waals surface area contributed by atoms with E-state index in [1.54, 1.807) is 73.7 Å². The second kappa shape index (κ2) is 10.8. The van der Waals surface area contributed by atoms with Crippen LogP contribution < -0.4 is 15.5 Å². The van der Waals surface area contributed by atoms with Gasteiger partial charge in [0.25, 0.3) is 0 Å². The molecule has 3 aromatic rings. The van der Waals surface area contributed by atoms with Gasteiger partial charge < -0.3 is 10.1 Å². The van der Waals surface area contributed by atoms with Gasteiger partial charge in [0, 0.05) is 16.3 Å². The molecular formula is C24H19Cl2N3O4. The van der Waals surface area contributed by atoms with Gasteiger partial charge in [0.15, 0.2) is 0 Å². The van der Waals surface area contributed by atoms with E-state index in [1.165, 1.54) is 0 Å². The number of anilines is 1. The number of hydrazone groups is 1. The van der Waals surface area contributed by atoms with Crippen LogP contribution in [0.15, 0.2) is 71.8 Å². The van der Waals surface area contributed by atoms with E-state index in [2.05, 4.69) is 15.8 Å². The minimum Gasteiger partial charge on any atom is -0.422 e. The maximum Gasteiger partial charge on any atom is 0.345 e. The molecule has 0 radical (unpaired) electrons. The molecule has 0 heterocycles. The summed E-state index contributed by atoms with van der Waals surface area (Å²) in [6.07, 6.45) is 0. The van der Waals surface area contributed by atoms with Gasteiger partial charge in [0.1, 0.15) is 5.75 Å². The molecule has 3 aromatic carbocycles. The first kappa shape index (κ1) is 24.0. The first-order valence-electron chi connectivity index (χ1n) is 9.74. The summed E-state index contributed by atoms with van der Waals surface area (Å²) in [5.74, 6) is -2.31. The number of nitrogens with one attached hydrogen (secondary N) is 2. The number of nitrogens with zero attached hydrogens (tertiary/aromatic N) is 1. The molecule has 0 spiro atoms. The molecule has 0 aliphatic heterocycles. The summed E-state index contributed by atoms with van der Waals surface area (Å²) in [7, 11) is 0. The number of amides is 2. The van der Waals surface area contributed by atoms with E-state index in [1.807, 2.05) is 6.92 Å². The van der Waals surface area contributed by atoms with Crippen LogP contribution in [-0.2, 0) is 9.59 Å². The molecule has 2 amide bonds. The second-order valence-corrected chi connectivity index (χ2v) is 7.74. The number of para-hydroxylation sites is 1.